The molecule has 0 spiro atoms. The van der Waals surface area contributed by atoms with Gasteiger partial charge in [0, 0.05) is 87.9 Å². The molecule has 4 atom stereocenters. The number of anilines is 2. The quantitative estimate of drug-likeness (QED) is 0.157. The third kappa shape index (κ3) is 9.91. The molecule has 0 radical (unpaired) electrons. The van der Waals surface area contributed by atoms with E-state index in [4.69, 9.17) is 4.42 Å². The minimum absolute atomic E-state index is 0.0209. The van der Waals surface area contributed by atoms with E-state index in [1.165, 1.54) is 0 Å². The molecule has 0 saturated carbocycles. The number of oxazole rings is 1. The third-order valence-corrected chi connectivity index (χ3v) is 13.5. The number of hydrogen-bond donors (Lipinski definition) is 2. The van der Waals surface area contributed by atoms with Crippen LogP contribution in [0.15, 0.2) is 120 Å². The first kappa shape index (κ1) is 44.0. The maximum absolute atomic E-state index is 14.3. The molecule has 4 saturated heterocycles. The number of piperazine rings is 2. The summed E-state index contributed by atoms with van der Waals surface area (Å²) < 4.78 is 6.18. The molecule has 14 heteroatoms. The second-order valence-electron chi connectivity index (χ2n) is 17.8. The zero-order valence-electron chi connectivity index (χ0n) is 37.4. The van der Waals surface area contributed by atoms with Gasteiger partial charge in [-0.15, -0.1) is 0 Å². The van der Waals surface area contributed by atoms with Crippen molar-refractivity contribution < 1.29 is 23.6 Å². The van der Waals surface area contributed by atoms with Crippen molar-refractivity contribution in [2.75, 3.05) is 90.2 Å². The van der Waals surface area contributed by atoms with Gasteiger partial charge in [0.2, 0.25) is 29.5 Å². The van der Waals surface area contributed by atoms with Gasteiger partial charge in [-0.2, -0.15) is 0 Å². The van der Waals surface area contributed by atoms with Gasteiger partial charge in [-0.25, -0.2) is 4.98 Å². The number of nitrogens with one attached hydrogen (secondary N) is 2. The lowest BCUT2D eigenvalue weighted by Crippen LogP contribution is -2.52. The van der Waals surface area contributed by atoms with Gasteiger partial charge in [0.25, 0.3) is 0 Å². The van der Waals surface area contributed by atoms with Crippen LogP contribution in [0.4, 0.5) is 11.4 Å². The number of aromatic nitrogens is 1. The Morgan fingerprint density at radius 2 is 0.954 bits per heavy atom. The van der Waals surface area contributed by atoms with E-state index in [1.54, 1.807) is 16.0 Å². The van der Waals surface area contributed by atoms with Crippen LogP contribution in [-0.4, -0.2) is 150 Å². The van der Waals surface area contributed by atoms with Crippen LogP contribution in [0.25, 0.3) is 22.8 Å². The molecule has 2 unspecified atom stereocenters. The molecule has 14 nitrogen and oxygen atoms in total. The lowest BCUT2D eigenvalue weighted by molar-refractivity contribution is -0.142. The van der Waals surface area contributed by atoms with E-state index in [0.29, 0.717) is 49.0 Å². The average Bonchev–Trinajstić information content (AvgIpc) is 4.15. The van der Waals surface area contributed by atoms with Gasteiger partial charge in [-0.05, 0) is 99.4 Å². The van der Waals surface area contributed by atoms with E-state index in [1.807, 2.05) is 109 Å². The van der Waals surface area contributed by atoms with Gasteiger partial charge in [0.1, 0.15) is 24.2 Å². The Balaban J connectivity index is 0.807. The first-order valence-electron chi connectivity index (χ1n) is 23.0. The summed E-state index contributed by atoms with van der Waals surface area (Å²) in [4.78, 5) is 73.2. The summed E-state index contributed by atoms with van der Waals surface area (Å²) in [6.07, 6.45) is 4.43. The van der Waals surface area contributed by atoms with Gasteiger partial charge in [-0.1, -0.05) is 60.7 Å². The number of rotatable bonds is 12. The van der Waals surface area contributed by atoms with Crippen molar-refractivity contribution in [3.05, 3.63) is 127 Å². The molecular weight excluding hydrogens is 819 g/mol. The van der Waals surface area contributed by atoms with E-state index in [-0.39, 0.29) is 23.6 Å². The van der Waals surface area contributed by atoms with Gasteiger partial charge in [0.15, 0.2) is 5.76 Å². The molecule has 4 fully saturated rings. The van der Waals surface area contributed by atoms with Crippen molar-refractivity contribution in [3.63, 3.8) is 0 Å². The molecule has 65 heavy (non-hydrogen) atoms. The Morgan fingerprint density at radius 3 is 1.38 bits per heavy atom. The van der Waals surface area contributed by atoms with Crippen LogP contribution < -0.4 is 10.6 Å². The summed E-state index contributed by atoms with van der Waals surface area (Å²) in [6.45, 7) is 7.80. The Hall–Kier alpha value is -6.19. The highest BCUT2D eigenvalue weighted by Gasteiger charge is 2.42. The molecule has 0 aliphatic carbocycles. The van der Waals surface area contributed by atoms with E-state index in [9.17, 15) is 19.2 Å². The summed E-state index contributed by atoms with van der Waals surface area (Å²) in [7, 11) is 4.20. The smallest absolute Gasteiger partial charge is 0.247 e. The highest BCUT2D eigenvalue weighted by atomic mass is 16.4. The number of hydrogen-bond acceptors (Lipinski definition) is 10. The van der Waals surface area contributed by atoms with Crippen molar-refractivity contribution in [3.8, 4) is 22.8 Å². The third-order valence-electron chi connectivity index (χ3n) is 13.5. The minimum Gasteiger partial charge on any atom is -0.436 e. The van der Waals surface area contributed by atoms with Gasteiger partial charge < -0.3 is 34.7 Å². The molecule has 338 valence electrons. The Labute approximate surface area is 381 Å². The first-order chi connectivity index (χ1) is 31.7. The minimum atomic E-state index is -0.554. The number of nitrogens with zero attached hydrogens (tertiary/aromatic N) is 7. The largest absolute Gasteiger partial charge is 0.436 e. The van der Waals surface area contributed by atoms with Crippen molar-refractivity contribution >= 4 is 35.0 Å². The van der Waals surface area contributed by atoms with E-state index < -0.39 is 24.2 Å². The van der Waals surface area contributed by atoms with Crippen LogP contribution in [0.1, 0.15) is 48.9 Å². The van der Waals surface area contributed by atoms with Gasteiger partial charge in [0.05, 0.1) is 6.20 Å². The second-order valence-corrected chi connectivity index (χ2v) is 17.8. The lowest BCUT2D eigenvalue weighted by Gasteiger charge is -2.39. The molecular formula is C51H59N9O5. The molecule has 4 aliphatic heterocycles. The monoisotopic (exact) mass is 877 g/mol. The SMILES string of the molecule is CN1CCN(C(C(=O)N2CCCC2C(=O)Nc2ccc(-c3cnc(-c4ccc(NC(=O)[C@@H]5CCCN5C(=O)[C@H](c5ccccc5)N5CCN(C)CC5)cc4)o3)cc2)c2ccccc2)CC1. The number of amides is 4. The normalized spacial score (nSPS) is 21.0. The van der Waals surface area contributed by atoms with Gasteiger partial charge >= 0.3 is 0 Å². The summed E-state index contributed by atoms with van der Waals surface area (Å²) in [5.41, 5.74) is 4.69. The molecule has 9 rings (SSSR count). The number of carbonyl (C=O) groups excluding carboxylic acids is 4. The zero-order chi connectivity index (χ0) is 44.9. The van der Waals surface area contributed by atoms with Crippen LogP contribution in [0.3, 0.4) is 0 Å². The van der Waals surface area contributed by atoms with Crippen molar-refractivity contribution in [2.24, 2.45) is 0 Å². The maximum Gasteiger partial charge on any atom is 0.247 e. The predicted molar refractivity (Wildman–Crippen MR) is 251 cm³/mol. The molecule has 2 N–H and O–H groups in total. The Kier molecular flexibility index (Phi) is 13.5. The molecule has 4 aromatic carbocycles. The van der Waals surface area contributed by atoms with Crippen LogP contribution in [0.5, 0.6) is 0 Å². The number of likely N-dealkylation sites (tertiary alicyclic amines) is 2. The molecule has 1 aromatic heterocycles. The molecule has 4 amide bonds. The molecule has 5 aromatic rings. The number of carbonyl (C=O) groups is 4. The highest BCUT2D eigenvalue weighted by Crippen LogP contribution is 2.33. The van der Waals surface area contributed by atoms with Crippen molar-refractivity contribution in [1.82, 2.24) is 34.4 Å². The molecule has 0 bridgehead atoms. The maximum atomic E-state index is 14.3. The fourth-order valence-corrected chi connectivity index (χ4v) is 9.78. The summed E-state index contributed by atoms with van der Waals surface area (Å²) >= 11 is 0. The zero-order valence-corrected chi connectivity index (χ0v) is 37.4. The van der Waals surface area contributed by atoms with E-state index in [2.05, 4.69) is 49.3 Å². The van der Waals surface area contributed by atoms with Crippen molar-refractivity contribution in [1.29, 1.82) is 0 Å². The Bertz CT molecular complexity index is 2250. The number of likely N-dealkylation sites (N-methyl/N-ethyl adjacent to an activating group) is 2. The second kappa shape index (κ2) is 19.9. The fraction of sp³-hybridized carbons (Fsp3) is 0.392. The van der Waals surface area contributed by atoms with Gasteiger partial charge in [-0.3, -0.25) is 29.0 Å². The van der Waals surface area contributed by atoms with E-state index >= 15 is 0 Å². The summed E-state index contributed by atoms with van der Waals surface area (Å²) in [6, 6.07) is 32.6. The number of benzene rings is 4. The first-order valence-corrected chi connectivity index (χ1v) is 23.0. The van der Waals surface area contributed by atoms with Crippen LogP contribution >= 0.6 is 0 Å². The highest BCUT2D eigenvalue weighted by molar-refractivity contribution is 5.99. The Morgan fingerprint density at radius 1 is 0.538 bits per heavy atom. The summed E-state index contributed by atoms with van der Waals surface area (Å²) in [5.74, 6) is 0.560. The lowest BCUT2D eigenvalue weighted by atomic mass is 10.0. The van der Waals surface area contributed by atoms with E-state index in [0.717, 1.165) is 87.5 Å². The molecule has 5 heterocycles. The van der Waals surface area contributed by atoms with Crippen molar-refractivity contribution in [2.45, 2.75) is 49.9 Å². The summed E-state index contributed by atoms with van der Waals surface area (Å²) in [5, 5.41) is 6.12. The standard InChI is InChI=1S/C51H59N9O5/c1-55-27-31-57(32-28-55)45(37-11-5-3-6-12-37)50(63)59-25-9-15-42(59)47(61)53-40-21-17-36(18-22-40)44-35-52-49(65-44)39-19-23-41(24-20-39)54-48(62)43-16-10-26-60(43)51(64)46(38-13-7-4-8-14-38)58-33-29-56(2)30-34-58/h3-8,11-14,17-24,35,42-43,45-46H,9-10,15-16,25-34H2,1-2H3,(H,53,61)(H,54,62)/t42?,43-,45?,46-/m0/s1. The fourth-order valence-electron chi connectivity index (χ4n) is 9.78. The molecule has 4 aliphatic rings. The predicted octanol–water partition coefficient (Wildman–Crippen LogP) is 5.85. The van der Waals surface area contributed by atoms with Crippen LogP contribution in [0.2, 0.25) is 0 Å². The van der Waals surface area contributed by atoms with Crippen LogP contribution in [-0.2, 0) is 19.2 Å². The van der Waals surface area contributed by atoms with Crippen LogP contribution in [0, 0.1) is 0 Å². The average molecular weight is 878 g/mol. The topological polar surface area (TPSA) is 138 Å².